The molecule has 96 valence electrons. The second kappa shape index (κ2) is 6.10. The molecule has 0 saturated carbocycles. The molecular weight excluding hydrogens is 220 g/mol. The standard InChI is InChI=1S/C14H21F2N/c1-4-14(3,10-17-5-2)9-11-8-12(15)6-7-13(11)16/h6-8,17H,4-5,9-10H2,1-3H3. The summed E-state index contributed by atoms with van der Waals surface area (Å²) in [6.45, 7) is 7.92. The van der Waals surface area contributed by atoms with Gasteiger partial charge in [0, 0.05) is 6.54 Å². The summed E-state index contributed by atoms with van der Waals surface area (Å²) < 4.78 is 26.7. The topological polar surface area (TPSA) is 12.0 Å². The Morgan fingerprint density at radius 1 is 1.24 bits per heavy atom. The molecule has 0 aliphatic carbocycles. The first-order valence-electron chi connectivity index (χ1n) is 6.15. The van der Waals surface area contributed by atoms with Crippen molar-refractivity contribution < 1.29 is 8.78 Å². The average molecular weight is 241 g/mol. The molecule has 0 spiro atoms. The highest BCUT2D eigenvalue weighted by molar-refractivity contribution is 5.20. The van der Waals surface area contributed by atoms with Crippen molar-refractivity contribution in [1.29, 1.82) is 0 Å². The summed E-state index contributed by atoms with van der Waals surface area (Å²) in [5, 5.41) is 3.28. The van der Waals surface area contributed by atoms with Crippen molar-refractivity contribution in [2.24, 2.45) is 5.41 Å². The van der Waals surface area contributed by atoms with Gasteiger partial charge in [-0.2, -0.15) is 0 Å². The Hall–Kier alpha value is -0.960. The summed E-state index contributed by atoms with van der Waals surface area (Å²) >= 11 is 0. The highest BCUT2D eigenvalue weighted by atomic mass is 19.1. The van der Waals surface area contributed by atoms with Crippen LogP contribution < -0.4 is 5.32 Å². The van der Waals surface area contributed by atoms with Crippen LogP contribution in [0.4, 0.5) is 8.78 Å². The van der Waals surface area contributed by atoms with Gasteiger partial charge in [0.25, 0.3) is 0 Å². The van der Waals surface area contributed by atoms with Crippen LogP contribution in [0.2, 0.25) is 0 Å². The Kier molecular flexibility index (Phi) is 5.06. The van der Waals surface area contributed by atoms with Crippen molar-refractivity contribution in [2.45, 2.75) is 33.6 Å². The fraction of sp³-hybridized carbons (Fsp3) is 0.571. The molecule has 0 aliphatic rings. The Balaban J connectivity index is 2.82. The van der Waals surface area contributed by atoms with Crippen molar-refractivity contribution in [3.8, 4) is 0 Å². The molecule has 1 aromatic rings. The van der Waals surface area contributed by atoms with E-state index in [1.165, 1.54) is 12.1 Å². The van der Waals surface area contributed by atoms with Crippen LogP contribution in [-0.4, -0.2) is 13.1 Å². The van der Waals surface area contributed by atoms with Crippen LogP contribution in [0, 0.1) is 17.0 Å². The maximum absolute atomic E-state index is 13.6. The second-order valence-corrected chi connectivity index (χ2v) is 4.86. The quantitative estimate of drug-likeness (QED) is 0.803. The van der Waals surface area contributed by atoms with Crippen LogP contribution in [0.1, 0.15) is 32.8 Å². The molecule has 0 bridgehead atoms. The molecule has 1 atom stereocenters. The second-order valence-electron chi connectivity index (χ2n) is 4.86. The van der Waals surface area contributed by atoms with Crippen molar-refractivity contribution in [1.82, 2.24) is 5.32 Å². The van der Waals surface area contributed by atoms with Gasteiger partial charge >= 0.3 is 0 Å². The monoisotopic (exact) mass is 241 g/mol. The summed E-state index contributed by atoms with van der Waals surface area (Å²) in [6, 6.07) is 3.66. The largest absolute Gasteiger partial charge is 0.316 e. The van der Waals surface area contributed by atoms with Crippen molar-refractivity contribution in [3.05, 3.63) is 35.4 Å². The number of hydrogen-bond acceptors (Lipinski definition) is 1. The van der Waals surface area contributed by atoms with E-state index in [0.717, 1.165) is 25.6 Å². The molecule has 17 heavy (non-hydrogen) atoms. The van der Waals surface area contributed by atoms with Gasteiger partial charge in [-0.15, -0.1) is 0 Å². The fourth-order valence-corrected chi connectivity index (χ4v) is 1.88. The predicted octanol–water partition coefficient (Wildman–Crippen LogP) is 3.53. The van der Waals surface area contributed by atoms with Crippen molar-refractivity contribution >= 4 is 0 Å². The van der Waals surface area contributed by atoms with Gasteiger partial charge in [-0.05, 0) is 48.6 Å². The van der Waals surface area contributed by atoms with Gasteiger partial charge in [-0.25, -0.2) is 8.78 Å². The highest BCUT2D eigenvalue weighted by Crippen LogP contribution is 2.27. The van der Waals surface area contributed by atoms with E-state index in [2.05, 4.69) is 19.2 Å². The minimum atomic E-state index is -0.372. The van der Waals surface area contributed by atoms with E-state index in [-0.39, 0.29) is 17.0 Å². The van der Waals surface area contributed by atoms with Gasteiger partial charge in [0.15, 0.2) is 0 Å². The molecule has 0 aliphatic heterocycles. The average Bonchev–Trinajstić information content (AvgIpc) is 2.31. The molecule has 0 heterocycles. The van der Waals surface area contributed by atoms with Crippen LogP contribution in [0.3, 0.4) is 0 Å². The molecule has 0 radical (unpaired) electrons. The van der Waals surface area contributed by atoms with Crippen LogP contribution in [-0.2, 0) is 6.42 Å². The Bertz CT molecular complexity index is 365. The Labute approximate surface area is 102 Å². The molecule has 1 unspecified atom stereocenters. The zero-order valence-corrected chi connectivity index (χ0v) is 10.8. The Morgan fingerprint density at radius 2 is 1.94 bits per heavy atom. The number of halogens is 2. The summed E-state index contributed by atoms with van der Waals surface area (Å²) in [7, 11) is 0. The number of nitrogens with one attached hydrogen (secondary N) is 1. The lowest BCUT2D eigenvalue weighted by Crippen LogP contribution is -2.33. The first-order chi connectivity index (χ1) is 8.00. The first kappa shape index (κ1) is 14.1. The SMILES string of the molecule is CCNCC(C)(CC)Cc1cc(F)ccc1F. The molecule has 3 heteroatoms. The number of rotatable bonds is 6. The lowest BCUT2D eigenvalue weighted by molar-refractivity contribution is 0.289. The fourth-order valence-electron chi connectivity index (χ4n) is 1.88. The van der Waals surface area contributed by atoms with E-state index in [1.807, 2.05) is 6.92 Å². The molecule has 0 aromatic heterocycles. The maximum Gasteiger partial charge on any atom is 0.126 e. The van der Waals surface area contributed by atoms with E-state index in [9.17, 15) is 8.78 Å². The van der Waals surface area contributed by atoms with E-state index >= 15 is 0 Å². The molecule has 0 saturated heterocycles. The van der Waals surface area contributed by atoms with Gasteiger partial charge in [-0.3, -0.25) is 0 Å². The lowest BCUT2D eigenvalue weighted by Gasteiger charge is -2.28. The molecule has 1 aromatic carbocycles. The summed E-state index contributed by atoms with van der Waals surface area (Å²) in [6.07, 6.45) is 1.48. The first-order valence-corrected chi connectivity index (χ1v) is 6.15. The molecule has 1 nitrogen and oxygen atoms in total. The zero-order chi connectivity index (χ0) is 12.9. The van der Waals surface area contributed by atoms with E-state index in [0.29, 0.717) is 12.0 Å². The normalized spacial score (nSPS) is 14.6. The summed E-state index contributed by atoms with van der Waals surface area (Å²) in [5.41, 5.74) is 0.428. The number of hydrogen-bond donors (Lipinski definition) is 1. The summed E-state index contributed by atoms with van der Waals surface area (Å²) in [5.74, 6) is -0.689. The minimum Gasteiger partial charge on any atom is -0.316 e. The van der Waals surface area contributed by atoms with Crippen LogP contribution in [0.25, 0.3) is 0 Å². The third kappa shape index (κ3) is 4.08. The lowest BCUT2D eigenvalue weighted by atomic mass is 9.81. The van der Waals surface area contributed by atoms with Crippen LogP contribution in [0.15, 0.2) is 18.2 Å². The van der Waals surface area contributed by atoms with Gasteiger partial charge < -0.3 is 5.32 Å². The third-order valence-electron chi connectivity index (χ3n) is 3.28. The van der Waals surface area contributed by atoms with Gasteiger partial charge in [0.1, 0.15) is 11.6 Å². The Morgan fingerprint density at radius 3 is 2.53 bits per heavy atom. The summed E-state index contributed by atoms with van der Waals surface area (Å²) in [4.78, 5) is 0. The molecule has 1 rings (SSSR count). The van der Waals surface area contributed by atoms with Crippen molar-refractivity contribution in [3.63, 3.8) is 0 Å². The maximum atomic E-state index is 13.6. The zero-order valence-electron chi connectivity index (χ0n) is 10.8. The van der Waals surface area contributed by atoms with Gasteiger partial charge in [-0.1, -0.05) is 20.8 Å². The predicted molar refractivity (Wildman–Crippen MR) is 67.0 cm³/mol. The van der Waals surface area contributed by atoms with Crippen LogP contribution >= 0.6 is 0 Å². The van der Waals surface area contributed by atoms with E-state index in [4.69, 9.17) is 0 Å². The number of benzene rings is 1. The molecule has 1 N–H and O–H groups in total. The molecular formula is C14H21F2N. The van der Waals surface area contributed by atoms with Crippen LogP contribution in [0.5, 0.6) is 0 Å². The van der Waals surface area contributed by atoms with E-state index < -0.39 is 0 Å². The highest BCUT2D eigenvalue weighted by Gasteiger charge is 2.23. The third-order valence-corrected chi connectivity index (χ3v) is 3.28. The van der Waals surface area contributed by atoms with Gasteiger partial charge in [0.05, 0.1) is 0 Å². The van der Waals surface area contributed by atoms with E-state index in [1.54, 1.807) is 0 Å². The van der Waals surface area contributed by atoms with Crippen molar-refractivity contribution in [2.75, 3.05) is 13.1 Å². The minimum absolute atomic E-state index is 0.0371. The van der Waals surface area contributed by atoms with Gasteiger partial charge in [0.2, 0.25) is 0 Å². The smallest absolute Gasteiger partial charge is 0.126 e. The molecule has 0 fully saturated rings. The molecule has 0 amide bonds.